The van der Waals surface area contributed by atoms with E-state index in [9.17, 15) is 0 Å². The predicted molar refractivity (Wildman–Crippen MR) is 82.6 cm³/mol. The van der Waals surface area contributed by atoms with Crippen LogP contribution in [-0.2, 0) is 13.2 Å². The highest BCUT2D eigenvalue weighted by atomic mass is 79.9. The van der Waals surface area contributed by atoms with Gasteiger partial charge in [0, 0.05) is 6.04 Å². The lowest BCUT2D eigenvalue weighted by atomic mass is 10.2. The van der Waals surface area contributed by atoms with E-state index >= 15 is 0 Å². The molecule has 1 N–H and O–H groups in total. The van der Waals surface area contributed by atoms with Crippen LogP contribution in [0.3, 0.4) is 0 Å². The van der Waals surface area contributed by atoms with Gasteiger partial charge in [0.25, 0.3) is 0 Å². The average molecular weight is 402 g/mol. The Kier molecular flexibility index (Phi) is 4.14. The average Bonchev–Trinajstić information content (AvgIpc) is 3.17. The third-order valence-corrected chi connectivity index (χ3v) is 4.47. The number of imidazole rings is 1. The zero-order valence-electron chi connectivity index (χ0n) is 10.7. The summed E-state index contributed by atoms with van der Waals surface area (Å²) in [5.41, 5.74) is 1.91. The number of aliphatic hydroxyl groups excluding tert-OH is 1. The monoisotopic (exact) mass is 400 g/mol. The Bertz CT molecular complexity index is 600. The molecule has 6 heteroatoms. The minimum absolute atomic E-state index is 0.00588. The summed E-state index contributed by atoms with van der Waals surface area (Å²) < 4.78 is 9.73. The van der Waals surface area contributed by atoms with Crippen molar-refractivity contribution >= 4 is 31.9 Å². The van der Waals surface area contributed by atoms with Crippen LogP contribution in [0, 0.1) is 0 Å². The van der Waals surface area contributed by atoms with E-state index in [1.165, 1.54) is 12.8 Å². The van der Waals surface area contributed by atoms with Gasteiger partial charge in [0.05, 0.1) is 33.8 Å². The van der Waals surface area contributed by atoms with E-state index in [2.05, 4.69) is 41.4 Å². The zero-order chi connectivity index (χ0) is 14.1. The van der Waals surface area contributed by atoms with Crippen LogP contribution in [0.5, 0.6) is 5.75 Å². The fourth-order valence-electron chi connectivity index (χ4n) is 2.11. The van der Waals surface area contributed by atoms with Gasteiger partial charge in [-0.05, 0) is 62.4 Å². The molecule has 1 saturated carbocycles. The number of rotatable bonds is 5. The van der Waals surface area contributed by atoms with E-state index in [4.69, 9.17) is 9.84 Å². The highest BCUT2D eigenvalue weighted by Gasteiger charge is 2.25. The van der Waals surface area contributed by atoms with E-state index in [0.29, 0.717) is 12.6 Å². The van der Waals surface area contributed by atoms with Crippen LogP contribution >= 0.6 is 31.9 Å². The summed E-state index contributed by atoms with van der Waals surface area (Å²) >= 11 is 6.95. The Labute approximate surface area is 134 Å². The number of halogens is 2. The summed E-state index contributed by atoms with van der Waals surface area (Å²) in [6.07, 6.45) is 6.17. The van der Waals surface area contributed by atoms with Crippen molar-refractivity contribution in [1.82, 2.24) is 9.55 Å². The van der Waals surface area contributed by atoms with Gasteiger partial charge < -0.3 is 14.4 Å². The molecule has 1 aromatic heterocycles. The molecule has 0 atom stereocenters. The number of aliphatic hydroxyl groups is 1. The molecule has 1 aromatic carbocycles. The molecule has 0 aliphatic heterocycles. The van der Waals surface area contributed by atoms with Crippen molar-refractivity contribution in [3.05, 3.63) is 44.9 Å². The Morgan fingerprint density at radius 1 is 1.30 bits per heavy atom. The third-order valence-electron chi connectivity index (χ3n) is 3.29. The van der Waals surface area contributed by atoms with E-state index in [0.717, 1.165) is 26.0 Å². The van der Waals surface area contributed by atoms with E-state index in [1.807, 2.05) is 24.7 Å². The summed E-state index contributed by atoms with van der Waals surface area (Å²) in [6.45, 7) is 0.484. The van der Waals surface area contributed by atoms with Gasteiger partial charge in [-0.15, -0.1) is 0 Å². The number of hydrogen-bond donors (Lipinski definition) is 1. The summed E-state index contributed by atoms with van der Waals surface area (Å²) in [6, 6.07) is 4.32. The van der Waals surface area contributed by atoms with Gasteiger partial charge in [0.1, 0.15) is 12.4 Å². The lowest BCUT2D eigenvalue weighted by Crippen LogP contribution is -2.04. The van der Waals surface area contributed by atoms with Gasteiger partial charge in [0.2, 0.25) is 0 Å². The molecule has 0 saturated heterocycles. The molecule has 20 heavy (non-hydrogen) atoms. The number of aromatic nitrogens is 2. The number of hydrogen-bond acceptors (Lipinski definition) is 3. The molecule has 0 bridgehead atoms. The smallest absolute Gasteiger partial charge is 0.148 e. The van der Waals surface area contributed by atoms with Crippen LogP contribution in [0.2, 0.25) is 0 Å². The van der Waals surface area contributed by atoms with Crippen LogP contribution in [0.25, 0.3) is 0 Å². The normalized spacial score (nSPS) is 14.6. The molecule has 0 spiro atoms. The maximum Gasteiger partial charge on any atom is 0.148 e. The molecule has 1 aliphatic carbocycles. The predicted octanol–water partition coefficient (Wildman–Crippen LogP) is 3.81. The van der Waals surface area contributed by atoms with Gasteiger partial charge >= 0.3 is 0 Å². The fraction of sp³-hybridized carbons (Fsp3) is 0.357. The Morgan fingerprint density at radius 2 is 2.00 bits per heavy atom. The zero-order valence-corrected chi connectivity index (χ0v) is 13.9. The van der Waals surface area contributed by atoms with Crippen molar-refractivity contribution in [3.63, 3.8) is 0 Å². The number of benzene rings is 1. The van der Waals surface area contributed by atoms with Gasteiger partial charge in [-0.25, -0.2) is 4.98 Å². The van der Waals surface area contributed by atoms with Gasteiger partial charge in [-0.2, -0.15) is 0 Å². The molecular formula is C14H14Br2N2O2. The van der Waals surface area contributed by atoms with Crippen molar-refractivity contribution in [2.75, 3.05) is 0 Å². The molecule has 1 fully saturated rings. The van der Waals surface area contributed by atoms with Crippen molar-refractivity contribution in [2.45, 2.75) is 32.1 Å². The molecule has 4 nitrogen and oxygen atoms in total. The van der Waals surface area contributed by atoms with E-state index in [1.54, 1.807) is 0 Å². The first-order chi connectivity index (χ1) is 9.69. The van der Waals surface area contributed by atoms with Crippen LogP contribution < -0.4 is 4.74 Å². The van der Waals surface area contributed by atoms with Crippen LogP contribution in [0.4, 0.5) is 0 Å². The first-order valence-corrected chi connectivity index (χ1v) is 8.00. The summed E-state index contributed by atoms with van der Waals surface area (Å²) in [5, 5.41) is 9.17. The van der Waals surface area contributed by atoms with E-state index in [-0.39, 0.29) is 6.61 Å². The van der Waals surface area contributed by atoms with Crippen molar-refractivity contribution < 1.29 is 9.84 Å². The first-order valence-electron chi connectivity index (χ1n) is 6.41. The number of ether oxygens (including phenoxy) is 1. The standard InChI is InChI=1S/C14H14Br2N2O2/c15-12-3-9(6-19)4-13(16)14(12)20-7-11-5-17-8-18(11)10-1-2-10/h3-5,8,10,19H,1-2,6-7H2. The topological polar surface area (TPSA) is 47.3 Å². The Morgan fingerprint density at radius 3 is 2.60 bits per heavy atom. The second-order valence-electron chi connectivity index (χ2n) is 4.86. The summed E-state index contributed by atoms with van der Waals surface area (Å²) in [4.78, 5) is 4.19. The quantitative estimate of drug-likeness (QED) is 0.828. The second kappa shape index (κ2) is 5.87. The van der Waals surface area contributed by atoms with E-state index < -0.39 is 0 Å². The molecule has 1 aliphatic rings. The molecule has 0 amide bonds. The largest absolute Gasteiger partial charge is 0.485 e. The maximum atomic E-state index is 9.17. The third kappa shape index (κ3) is 2.92. The highest BCUT2D eigenvalue weighted by molar-refractivity contribution is 9.11. The number of nitrogens with zero attached hydrogens (tertiary/aromatic N) is 2. The maximum absolute atomic E-state index is 9.17. The molecule has 106 valence electrons. The summed E-state index contributed by atoms with van der Waals surface area (Å²) in [5.74, 6) is 0.741. The minimum atomic E-state index is 0.00588. The van der Waals surface area contributed by atoms with Gasteiger partial charge in [0.15, 0.2) is 0 Å². The Balaban J connectivity index is 1.76. The first kappa shape index (κ1) is 14.1. The Hall–Kier alpha value is -0.850. The molecule has 1 heterocycles. The SMILES string of the molecule is OCc1cc(Br)c(OCc2cncn2C2CC2)c(Br)c1. The molecule has 0 unspecified atom stereocenters. The van der Waals surface area contributed by atoms with Gasteiger partial charge in [-0.1, -0.05) is 0 Å². The fourth-order valence-corrected chi connectivity index (χ4v) is 3.62. The highest BCUT2D eigenvalue weighted by Crippen LogP contribution is 2.37. The molecule has 2 aromatic rings. The van der Waals surface area contributed by atoms with Crippen molar-refractivity contribution in [2.24, 2.45) is 0 Å². The van der Waals surface area contributed by atoms with Gasteiger partial charge in [-0.3, -0.25) is 0 Å². The van der Waals surface area contributed by atoms with Crippen LogP contribution in [-0.4, -0.2) is 14.7 Å². The minimum Gasteiger partial charge on any atom is -0.485 e. The molecular weight excluding hydrogens is 388 g/mol. The van der Waals surface area contributed by atoms with Crippen LogP contribution in [0.15, 0.2) is 33.6 Å². The lowest BCUT2D eigenvalue weighted by Gasteiger charge is -2.13. The lowest BCUT2D eigenvalue weighted by molar-refractivity contribution is 0.279. The van der Waals surface area contributed by atoms with Crippen molar-refractivity contribution in [3.8, 4) is 5.75 Å². The summed E-state index contributed by atoms with van der Waals surface area (Å²) in [7, 11) is 0. The van der Waals surface area contributed by atoms with Crippen molar-refractivity contribution in [1.29, 1.82) is 0 Å². The molecule has 0 radical (unpaired) electrons. The second-order valence-corrected chi connectivity index (χ2v) is 6.57. The molecule has 3 rings (SSSR count). The van der Waals surface area contributed by atoms with Crippen LogP contribution in [0.1, 0.15) is 30.1 Å².